The fourth-order valence-corrected chi connectivity index (χ4v) is 6.32. The molecule has 2 aliphatic heterocycles. The van der Waals surface area contributed by atoms with Crippen molar-refractivity contribution < 1.29 is 14.4 Å². The molecule has 0 radical (unpaired) electrons. The summed E-state index contributed by atoms with van der Waals surface area (Å²) >= 11 is 0. The van der Waals surface area contributed by atoms with Gasteiger partial charge in [-0.1, -0.05) is 31.4 Å². The van der Waals surface area contributed by atoms with Gasteiger partial charge >= 0.3 is 0 Å². The normalized spacial score (nSPS) is 21.8. The molecule has 1 unspecified atom stereocenters. The molecular formula is C28H41N3O3. The van der Waals surface area contributed by atoms with Gasteiger partial charge in [-0.3, -0.25) is 9.59 Å². The second-order valence-electron chi connectivity index (χ2n) is 10.6. The van der Waals surface area contributed by atoms with Crippen LogP contribution in [-0.4, -0.2) is 56.2 Å². The Morgan fingerprint density at radius 3 is 2.21 bits per heavy atom. The number of carbonyl (C=O) groups excluding carboxylic acids is 3. The minimum absolute atomic E-state index is 0.0391. The summed E-state index contributed by atoms with van der Waals surface area (Å²) in [6.07, 6.45) is 12.4. The van der Waals surface area contributed by atoms with Crippen molar-refractivity contribution in [3.63, 3.8) is 0 Å². The average molecular weight is 468 g/mol. The molecule has 1 N–H and O–H groups in total. The molecule has 2 amide bonds. The van der Waals surface area contributed by atoms with Crippen LogP contribution in [-0.2, 0) is 14.4 Å². The Morgan fingerprint density at radius 2 is 1.62 bits per heavy atom. The standard InChI is InChI=1S/C28H41N3O3/c1-29-26(33)25(8-5-21-32)22-9-11-24(12-10-22)30-17-13-28(14-18-30)15-19-31(20-16-28)27(34)23-6-3-2-4-7-23/h9-12,21,23,25H,2-8,13-20H2,1H3,(H,29,33). The van der Waals surface area contributed by atoms with E-state index >= 15 is 0 Å². The molecule has 0 aromatic heterocycles. The molecule has 1 aromatic rings. The monoisotopic (exact) mass is 467 g/mol. The van der Waals surface area contributed by atoms with Crippen LogP contribution >= 0.6 is 0 Å². The third-order valence-electron chi connectivity index (χ3n) is 8.71. The summed E-state index contributed by atoms with van der Waals surface area (Å²) in [6, 6.07) is 8.32. The molecule has 0 bridgehead atoms. The van der Waals surface area contributed by atoms with E-state index in [9.17, 15) is 14.4 Å². The number of hydrogen-bond donors (Lipinski definition) is 1. The van der Waals surface area contributed by atoms with Crippen LogP contribution in [0.15, 0.2) is 24.3 Å². The molecule has 1 aromatic carbocycles. The first kappa shape index (κ1) is 24.7. The summed E-state index contributed by atoms with van der Waals surface area (Å²) in [7, 11) is 1.64. The van der Waals surface area contributed by atoms with E-state index in [1.54, 1.807) is 7.05 Å². The van der Waals surface area contributed by atoms with E-state index in [1.807, 2.05) is 12.1 Å². The first-order valence-corrected chi connectivity index (χ1v) is 13.3. The van der Waals surface area contributed by atoms with Gasteiger partial charge in [0.15, 0.2) is 0 Å². The van der Waals surface area contributed by atoms with Gasteiger partial charge in [0.25, 0.3) is 0 Å². The molecule has 3 fully saturated rings. The third kappa shape index (κ3) is 5.64. The van der Waals surface area contributed by atoms with Crippen LogP contribution in [0.1, 0.15) is 82.1 Å². The van der Waals surface area contributed by atoms with Gasteiger partial charge in [0.1, 0.15) is 6.29 Å². The molecule has 1 atom stereocenters. The molecule has 186 valence electrons. The number of hydrogen-bond acceptors (Lipinski definition) is 4. The zero-order chi connectivity index (χ0) is 24.0. The smallest absolute Gasteiger partial charge is 0.227 e. The molecule has 2 heterocycles. The minimum Gasteiger partial charge on any atom is -0.371 e. The average Bonchev–Trinajstić information content (AvgIpc) is 2.90. The highest BCUT2D eigenvalue weighted by Gasteiger charge is 2.39. The molecule has 4 rings (SSSR count). The number of rotatable bonds is 7. The van der Waals surface area contributed by atoms with E-state index in [2.05, 4.69) is 27.2 Å². The summed E-state index contributed by atoms with van der Waals surface area (Å²) in [5.41, 5.74) is 2.56. The topological polar surface area (TPSA) is 69.7 Å². The minimum atomic E-state index is -0.282. The zero-order valence-electron chi connectivity index (χ0n) is 20.8. The maximum absolute atomic E-state index is 12.9. The van der Waals surface area contributed by atoms with E-state index < -0.39 is 0 Å². The van der Waals surface area contributed by atoms with Crippen LogP contribution in [0.3, 0.4) is 0 Å². The second-order valence-corrected chi connectivity index (χ2v) is 10.6. The summed E-state index contributed by atoms with van der Waals surface area (Å²) in [5.74, 6) is 0.391. The maximum atomic E-state index is 12.9. The van der Waals surface area contributed by atoms with Crippen molar-refractivity contribution in [1.29, 1.82) is 0 Å². The first-order chi connectivity index (χ1) is 16.5. The third-order valence-corrected chi connectivity index (χ3v) is 8.71. The lowest BCUT2D eigenvalue weighted by Gasteiger charge is -2.48. The molecule has 34 heavy (non-hydrogen) atoms. The van der Waals surface area contributed by atoms with Gasteiger partial charge in [-0.2, -0.15) is 0 Å². The van der Waals surface area contributed by atoms with E-state index in [4.69, 9.17) is 0 Å². The van der Waals surface area contributed by atoms with E-state index in [1.165, 1.54) is 37.8 Å². The van der Waals surface area contributed by atoms with Crippen LogP contribution < -0.4 is 10.2 Å². The van der Waals surface area contributed by atoms with E-state index in [0.29, 0.717) is 24.2 Å². The van der Waals surface area contributed by atoms with Crippen LogP contribution in [0.4, 0.5) is 5.69 Å². The SMILES string of the molecule is CNC(=O)C(CCC=O)c1ccc(N2CCC3(CCN(C(=O)C4CCCCC4)CC3)CC2)cc1. The van der Waals surface area contributed by atoms with E-state index in [-0.39, 0.29) is 17.7 Å². The molecular weight excluding hydrogens is 426 g/mol. The lowest BCUT2D eigenvalue weighted by atomic mass is 9.71. The van der Waals surface area contributed by atoms with E-state index in [0.717, 1.165) is 63.7 Å². The number of piperidine rings is 2. The van der Waals surface area contributed by atoms with Crippen molar-refractivity contribution in [1.82, 2.24) is 10.2 Å². The lowest BCUT2D eigenvalue weighted by molar-refractivity contribution is -0.139. The highest BCUT2D eigenvalue weighted by Crippen LogP contribution is 2.43. The van der Waals surface area contributed by atoms with Crippen molar-refractivity contribution in [2.75, 3.05) is 38.1 Å². The van der Waals surface area contributed by atoms with Gasteiger partial charge in [-0.25, -0.2) is 0 Å². The Balaban J connectivity index is 1.29. The number of likely N-dealkylation sites (tertiary alicyclic amines) is 1. The number of amides is 2. The number of likely N-dealkylation sites (N-methyl/N-ethyl adjacent to an activating group) is 1. The summed E-state index contributed by atoms with van der Waals surface area (Å²) < 4.78 is 0. The van der Waals surface area contributed by atoms with Crippen LogP contribution in [0.5, 0.6) is 0 Å². The highest BCUT2D eigenvalue weighted by molar-refractivity contribution is 5.83. The van der Waals surface area contributed by atoms with Crippen LogP contribution in [0.25, 0.3) is 0 Å². The summed E-state index contributed by atoms with van der Waals surface area (Å²) in [6.45, 7) is 3.96. The van der Waals surface area contributed by atoms with Crippen LogP contribution in [0, 0.1) is 11.3 Å². The fraction of sp³-hybridized carbons (Fsp3) is 0.679. The molecule has 6 heteroatoms. The zero-order valence-corrected chi connectivity index (χ0v) is 20.8. The first-order valence-electron chi connectivity index (χ1n) is 13.3. The van der Waals surface area contributed by atoms with Gasteiger partial charge < -0.3 is 19.9 Å². The van der Waals surface area contributed by atoms with Crippen molar-refractivity contribution in [2.45, 2.75) is 76.5 Å². The predicted molar refractivity (Wildman–Crippen MR) is 135 cm³/mol. The van der Waals surface area contributed by atoms with Crippen molar-refractivity contribution in [3.8, 4) is 0 Å². The number of benzene rings is 1. The number of anilines is 1. The van der Waals surface area contributed by atoms with Crippen molar-refractivity contribution >= 4 is 23.8 Å². The molecule has 1 aliphatic carbocycles. The number of nitrogens with zero attached hydrogens (tertiary/aromatic N) is 2. The predicted octanol–water partition coefficient (Wildman–Crippen LogP) is 4.28. The number of carbonyl (C=O) groups is 3. The quantitative estimate of drug-likeness (QED) is 0.608. The molecule has 1 saturated carbocycles. The Labute approximate surface area is 204 Å². The highest BCUT2D eigenvalue weighted by atomic mass is 16.2. The van der Waals surface area contributed by atoms with Gasteiger partial charge in [0, 0.05) is 51.3 Å². The second kappa shape index (κ2) is 11.4. The van der Waals surface area contributed by atoms with Crippen molar-refractivity contribution in [2.24, 2.45) is 11.3 Å². The Morgan fingerprint density at radius 1 is 1.00 bits per heavy atom. The molecule has 1 spiro atoms. The van der Waals surface area contributed by atoms with Crippen molar-refractivity contribution in [3.05, 3.63) is 29.8 Å². The Hall–Kier alpha value is -2.37. The maximum Gasteiger partial charge on any atom is 0.227 e. The molecule has 6 nitrogen and oxygen atoms in total. The van der Waals surface area contributed by atoms with Gasteiger partial charge in [0.2, 0.25) is 11.8 Å². The summed E-state index contributed by atoms with van der Waals surface area (Å²) in [4.78, 5) is 40.6. The lowest BCUT2D eigenvalue weighted by Crippen LogP contribution is -2.49. The van der Waals surface area contributed by atoms with Gasteiger partial charge in [0.05, 0.1) is 5.92 Å². The number of nitrogens with one attached hydrogen (secondary N) is 1. The summed E-state index contributed by atoms with van der Waals surface area (Å²) in [5, 5.41) is 2.72. The largest absolute Gasteiger partial charge is 0.371 e. The Bertz CT molecular complexity index is 829. The Kier molecular flexibility index (Phi) is 8.28. The van der Waals surface area contributed by atoms with Crippen LogP contribution in [0.2, 0.25) is 0 Å². The molecule has 3 aliphatic rings. The number of aldehydes is 1. The van der Waals surface area contributed by atoms with Gasteiger partial charge in [-0.15, -0.1) is 0 Å². The van der Waals surface area contributed by atoms with Gasteiger partial charge in [-0.05, 0) is 68.1 Å². The molecule has 2 saturated heterocycles. The fourth-order valence-electron chi connectivity index (χ4n) is 6.32.